The number of rotatable bonds is 8. The number of carbonyl (C=O) groups excluding carboxylic acids is 1. The SMILES string of the molecule is CCC(Oc1ccc2ccccc2c1Br)C(=O)N/N=C\c1cn(-c2ccccc2)nc1-c1ccccc1. The third-order valence-electron chi connectivity index (χ3n) is 5.95. The lowest BCUT2D eigenvalue weighted by molar-refractivity contribution is -0.128. The highest BCUT2D eigenvalue weighted by Crippen LogP contribution is 2.34. The Bertz CT molecular complexity index is 1550. The lowest BCUT2D eigenvalue weighted by atomic mass is 10.1. The van der Waals surface area contributed by atoms with Crippen molar-refractivity contribution in [2.45, 2.75) is 19.4 Å². The molecular formula is C30H25BrN4O2. The molecule has 1 atom stereocenters. The molecule has 184 valence electrons. The minimum atomic E-state index is -0.699. The molecule has 0 spiro atoms. The van der Waals surface area contributed by atoms with E-state index in [1.807, 2.05) is 110 Å². The summed E-state index contributed by atoms with van der Waals surface area (Å²) in [5, 5.41) is 11.1. The van der Waals surface area contributed by atoms with Gasteiger partial charge in [0.05, 0.1) is 16.4 Å². The molecule has 1 heterocycles. The Balaban J connectivity index is 1.35. The summed E-state index contributed by atoms with van der Waals surface area (Å²) in [4.78, 5) is 12.9. The molecule has 6 nitrogen and oxygen atoms in total. The van der Waals surface area contributed by atoms with E-state index in [2.05, 4.69) is 26.5 Å². The molecule has 0 fully saturated rings. The lowest BCUT2D eigenvalue weighted by Crippen LogP contribution is -2.35. The van der Waals surface area contributed by atoms with Crippen molar-refractivity contribution >= 4 is 38.8 Å². The van der Waals surface area contributed by atoms with Crippen LogP contribution in [-0.4, -0.2) is 28.0 Å². The number of hydrazone groups is 1. The molecule has 0 aliphatic heterocycles. The standard InChI is InChI=1S/C30H25BrN4O2/c1-2-26(37-27-18-17-21-11-9-10-16-25(21)28(27)31)30(36)33-32-19-23-20-35(24-14-7-4-8-15-24)34-29(23)22-12-5-3-6-13-22/h3-20,26H,2H2,1H3,(H,33,36)/b32-19-. The smallest absolute Gasteiger partial charge is 0.281 e. The normalized spacial score (nSPS) is 12.1. The van der Waals surface area contributed by atoms with Crippen LogP contribution in [0.4, 0.5) is 0 Å². The number of ether oxygens (including phenoxy) is 1. The van der Waals surface area contributed by atoms with Crippen molar-refractivity contribution < 1.29 is 9.53 Å². The summed E-state index contributed by atoms with van der Waals surface area (Å²) < 4.78 is 8.70. The number of aromatic nitrogens is 2. The summed E-state index contributed by atoms with van der Waals surface area (Å²) in [6.07, 6.45) is 3.30. The van der Waals surface area contributed by atoms with Crippen LogP contribution in [0.5, 0.6) is 5.75 Å². The van der Waals surface area contributed by atoms with Crippen LogP contribution < -0.4 is 10.2 Å². The number of hydrogen-bond acceptors (Lipinski definition) is 4. The molecule has 0 bridgehead atoms. The van der Waals surface area contributed by atoms with Crippen molar-refractivity contribution in [2.24, 2.45) is 5.10 Å². The summed E-state index contributed by atoms with van der Waals surface area (Å²) in [6.45, 7) is 1.90. The average molecular weight is 553 g/mol. The van der Waals surface area contributed by atoms with E-state index in [0.29, 0.717) is 12.2 Å². The molecule has 0 aliphatic carbocycles. The van der Waals surface area contributed by atoms with Crippen LogP contribution in [0.2, 0.25) is 0 Å². The van der Waals surface area contributed by atoms with Gasteiger partial charge in [0.15, 0.2) is 6.10 Å². The van der Waals surface area contributed by atoms with Gasteiger partial charge >= 0.3 is 0 Å². The molecule has 1 aromatic heterocycles. The van der Waals surface area contributed by atoms with Crippen LogP contribution in [0, 0.1) is 0 Å². The summed E-state index contributed by atoms with van der Waals surface area (Å²) in [6, 6.07) is 31.6. The van der Waals surface area contributed by atoms with Gasteiger partial charge in [-0.15, -0.1) is 0 Å². The first-order valence-electron chi connectivity index (χ1n) is 12.0. The molecule has 1 amide bonds. The van der Waals surface area contributed by atoms with E-state index >= 15 is 0 Å². The van der Waals surface area contributed by atoms with Gasteiger partial charge in [0.1, 0.15) is 11.4 Å². The highest BCUT2D eigenvalue weighted by Gasteiger charge is 2.20. The number of amides is 1. The maximum absolute atomic E-state index is 12.9. The van der Waals surface area contributed by atoms with Gasteiger partial charge in [-0.05, 0) is 51.3 Å². The van der Waals surface area contributed by atoms with Crippen LogP contribution >= 0.6 is 15.9 Å². The van der Waals surface area contributed by atoms with Crippen molar-refractivity contribution in [1.82, 2.24) is 15.2 Å². The fourth-order valence-electron chi connectivity index (χ4n) is 4.03. The maximum Gasteiger partial charge on any atom is 0.281 e. The quantitative estimate of drug-likeness (QED) is 0.171. The van der Waals surface area contributed by atoms with Gasteiger partial charge in [-0.25, -0.2) is 10.1 Å². The zero-order valence-corrected chi connectivity index (χ0v) is 21.8. The second-order valence-electron chi connectivity index (χ2n) is 8.43. The number of halogens is 1. The maximum atomic E-state index is 12.9. The second-order valence-corrected chi connectivity index (χ2v) is 9.22. The number of nitrogens with zero attached hydrogens (tertiary/aromatic N) is 3. The number of benzene rings is 4. The van der Waals surface area contributed by atoms with Gasteiger partial charge in [0.2, 0.25) is 0 Å². The molecule has 0 saturated heterocycles. The van der Waals surface area contributed by atoms with Gasteiger partial charge in [0, 0.05) is 17.3 Å². The third kappa shape index (κ3) is 5.47. The van der Waals surface area contributed by atoms with Crippen LogP contribution in [0.25, 0.3) is 27.7 Å². The molecule has 5 aromatic rings. The van der Waals surface area contributed by atoms with Crippen molar-refractivity contribution in [3.8, 4) is 22.7 Å². The molecule has 4 aromatic carbocycles. The number of para-hydroxylation sites is 1. The summed E-state index contributed by atoms with van der Waals surface area (Å²) >= 11 is 3.63. The Kier molecular flexibility index (Phi) is 7.42. The van der Waals surface area contributed by atoms with Crippen LogP contribution in [-0.2, 0) is 4.79 Å². The fourth-order valence-corrected chi connectivity index (χ4v) is 4.62. The monoisotopic (exact) mass is 552 g/mol. The first-order chi connectivity index (χ1) is 18.1. The fraction of sp³-hybridized carbons (Fsp3) is 0.100. The van der Waals surface area contributed by atoms with Gasteiger partial charge in [-0.2, -0.15) is 10.2 Å². The van der Waals surface area contributed by atoms with E-state index in [1.54, 1.807) is 10.9 Å². The van der Waals surface area contributed by atoms with Crippen molar-refractivity contribution in [3.05, 3.63) is 113 Å². The van der Waals surface area contributed by atoms with E-state index in [9.17, 15) is 4.79 Å². The molecule has 1 N–H and O–H groups in total. The van der Waals surface area contributed by atoms with E-state index in [4.69, 9.17) is 9.84 Å². The topological polar surface area (TPSA) is 68.5 Å². The van der Waals surface area contributed by atoms with Gasteiger partial charge in [-0.1, -0.05) is 85.8 Å². The zero-order valence-electron chi connectivity index (χ0n) is 20.2. The van der Waals surface area contributed by atoms with Crippen molar-refractivity contribution in [1.29, 1.82) is 0 Å². The molecule has 1 unspecified atom stereocenters. The number of hydrogen-bond donors (Lipinski definition) is 1. The van der Waals surface area contributed by atoms with Gasteiger partial charge in [0.25, 0.3) is 5.91 Å². The molecule has 0 aliphatic rings. The molecule has 0 saturated carbocycles. The summed E-state index contributed by atoms with van der Waals surface area (Å²) in [7, 11) is 0. The molecule has 7 heteroatoms. The number of nitrogens with one attached hydrogen (secondary N) is 1. The average Bonchev–Trinajstić information content (AvgIpc) is 3.38. The largest absolute Gasteiger partial charge is 0.479 e. The third-order valence-corrected chi connectivity index (χ3v) is 6.77. The molecule has 0 radical (unpaired) electrons. The Morgan fingerprint density at radius 2 is 1.70 bits per heavy atom. The Labute approximate surface area is 223 Å². The first kappa shape index (κ1) is 24.5. The zero-order chi connectivity index (χ0) is 25.6. The minimum Gasteiger partial charge on any atom is -0.479 e. The van der Waals surface area contributed by atoms with E-state index in [1.165, 1.54) is 0 Å². The van der Waals surface area contributed by atoms with E-state index in [-0.39, 0.29) is 5.91 Å². The number of fused-ring (bicyclic) bond motifs is 1. The summed E-state index contributed by atoms with van der Waals surface area (Å²) in [5.74, 6) is 0.288. The Morgan fingerprint density at radius 1 is 1.00 bits per heavy atom. The summed E-state index contributed by atoms with van der Waals surface area (Å²) in [5.41, 5.74) is 6.08. The van der Waals surface area contributed by atoms with Crippen LogP contribution in [0.1, 0.15) is 18.9 Å². The van der Waals surface area contributed by atoms with Gasteiger partial charge in [-0.3, -0.25) is 4.79 Å². The highest BCUT2D eigenvalue weighted by molar-refractivity contribution is 9.10. The lowest BCUT2D eigenvalue weighted by Gasteiger charge is -2.17. The van der Waals surface area contributed by atoms with Crippen molar-refractivity contribution in [2.75, 3.05) is 0 Å². The van der Waals surface area contributed by atoms with Crippen molar-refractivity contribution in [3.63, 3.8) is 0 Å². The molecule has 37 heavy (non-hydrogen) atoms. The van der Waals surface area contributed by atoms with Crippen LogP contribution in [0.3, 0.4) is 0 Å². The Hall–Kier alpha value is -4.23. The Morgan fingerprint density at radius 3 is 2.46 bits per heavy atom. The number of carbonyl (C=O) groups is 1. The van der Waals surface area contributed by atoms with E-state index in [0.717, 1.165) is 37.8 Å². The predicted octanol–water partition coefficient (Wildman–Crippen LogP) is 6.76. The second kappa shape index (κ2) is 11.2. The van der Waals surface area contributed by atoms with E-state index < -0.39 is 6.10 Å². The van der Waals surface area contributed by atoms with Gasteiger partial charge < -0.3 is 4.74 Å². The molecule has 5 rings (SSSR count). The predicted molar refractivity (Wildman–Crippen MR) is 151 cm³/mol. The minimum absolute atomic E-state index is 0.324. The first-order valence-corrected chi connectivity index (χ1v) is 12.8. The highest BCUT2D eigenvalue weighted by atomic mass is 79.9. The molecular weight excluding hydrogens is 528 g/mol. The van der Waals surface area contributed by atoms with Crippen LogP contribution in [0.15, 0.2) is 113 Å².